The van der Waals surface area contributed by atoms with Crippen LogP contribution >= 0.6 is 0 Å². The largest absolute Gasteiger partial charge is 0.348 e. The first-order valence-corrected chi connectivity index (χ1v) is 6.46. The first kappa shape index (κ1) is 11.5. The van der Waals surface area contributed by atoms with Crippen molar-refractivity contribution >= 4 is 16.7 Å². The molecule has 18 heavy (non-hydrogen) atoms. The third kappa shape index (κ3) is 1.85. The van der Waals surface area contributed by atoms with Gasteiger partial charge in [-0.1, -0.05) is 6.07 Å². The molecular formula is C15H18N2O. The predicted octanol–water partition coefficient (Wildman–Crippen LogP) is 2.48. The summed E-state index contributed by atoms with van der Waals surface area (Å²) >= 11 is 0. The van der Waals surface area contributed by atoms with Crippen molar-refractivity contribution in [3.05, 3.63) is 35.5 Å². The van der Waals surface area contributed by atoms with Gasteiger partial charge < -0.3 is 9.88 Å². The van der Waals surface area contributed by atoms with Gasteiger partial charge in [0.1, 0.15) is 5.78 Å². The minimum absolute atomic E-state index is 0.191. The van der Waals surface area contributed by atoms with Crippen molar-refractivity contribution in [2.45, 2.75) is 25.8 Å². The van der Waals surface area contributed by atoms with Crippen LogP contribution in [-0.4, -0.2) is 16.9 Å². The van der Waals surface area contributed by atoms with E-state index in [1.165, 1.54) is 22.2 Å². The smallest absolute Gasteiger partial charge is 0.136 e. The fourth-order valence-corrected chi connectivity index (χ4v) is 2.75. The van der Waals surface area contributed by atoms with E-state index in [1.807, 2.05) is 0 Å². The Kier molecular flexibility index (Phi) is 2.71. The second kappa shape index (κ2) is 4.25. The molecule has 1 N–H and O–H groups in total. The summed E-state index contributed by atoms with van der Waals surface area (Å²) < 4.78 is 2.19. The number of piperidine rings is 1. The maximum atomic E-state index is 11.5. The second-order valence-corrected chi connectivity index (χ2v) is 5.16. The van der Waals surface area contributed by atoms with Gasteiger partial charge in [0.25, 0.3) is 0 Å². The summed E-state index contributed by atoms with van der Waals surface area (Å²) in [6.45, 7) is 2.91. The highest BCUT2D eigenvalue weighted by Gasteiger charge is 2.20. The van der Waals surface area contributed by atoms with Gasteiger partial charge in [0.2, 0.25) is 0 Å². The number of nitrogens with one attached hydrogen (secondary N) is 1. The number of nitrogens with zero attached hydrogens (tertiary/aromatic N) is 1. The van der Waals surface area contributed by atoms with Crippen LogP contribution in [0.1, 0.15) is 30.1 Å². The van der Waals surface area contributed by atoms with Crippen molar-refractivity contribution in [2.75, 3.05) is 6.54 Å². The molecule has 0 aliphatic carbocycles. The number of carbonyl (C=O) groups is 1. The Labute approximate surface area is 107 Å². The fraction of sp³-hybridized carbons (Fsp3) is 0.400. The van der Waals surface area contributed by atoms with Gasteiger partial charge in [-0.05, 0) is 30.7 Å². The molecule has 1 saturated heterocycles. The topological polar surface area (TPSA) is 34.0 Å². The van der Waals surface area contributed by atoms with E-state index in [0.29, 0.717) is 18.6 Å². The molecule has 2 heterocycles. The zero-order valence-corrected chi connectivity index (χ0v) is 10.9. The number of carbonyl (C=O) groups excluding carboxylic acids is 1. The molecule has 1 aromatic carbocycles. The molecule has 2 aromatic rings. The molecule has 0 saturated carbocycles. The molecule has 0 radical (unpaired) electrons. The third-order valence-corrected chi connectivity index (χ3v) is 3.94. The van der Waals surface area contributed by atoms with Crippen molar-refractivity contribution in [3.8, 4) is 0 Å². The highest BCUT2D eigenvalue weighted by atomic mass is 16.1. The number of ketones is 1. The Balaban J connectivity index is 2.00. The first-order chi connectivity index (χ1) is 8.65. The maximum Gasteiger partial charge on any atom is 0.136 e. The van der Waals surface area contributed by atoms with Crippen LogP contribution in [0.3, 0.4) is 0 Å². The molecular weight excluding hydrogens is 224 g/mol. The lowest BCUT2D eigenvalue weighted by Crippen LogP contribution is -2.31. The number of Topliss-reactive ketones (excluding diaryl/α,β-unsaturated/α-hetero) is 1. The van der Waals surface area contributed by atoms with Gasteiger partial charge in [-0.2, -0.15) is 0 Å². The summed E-state index contributed by atoms with van der Waals surface area (Å²) in [5.41, 5.74) is 3.73. The zero-order chi connectivity index (χ0) is 12.7. The number of aryl methyl sites for hydroxylation is 2. The molecule has 1 atom stereocenters. The Morgan fingerprint density at radius 2 is 2.17 bits per heavy atom. The molecule has 3 heteroatoms. The molecule has 94 valence electrons. The van der Waals surface area contributed by atoms with Crippen LogP contribution in [-0.2, 0) is 11.8 Å². The highest BCUT2D eigenvalue weighted by Crippen LogP contribution is 2.26. The van der Waals surface area contributed by atoms with Gasteiger partial charge in [0, 0.05) is 49.1 Å². The van der Waals surface area contributed by atoms with E-state index < -0.39 is 0 Å². The number of hydrogen-bond donors (Lipinski definition) is 1. The van der Waals surface area contributed by atoms with Crippen LogP contribution in [0.5, 0.6) is 0 Å². The van der Waals surface area contributed by atoms with Gasteiger partial charge in [0.05, 0.1) is 0 Å². The van der Waals surface area contributed by atoms with Crippen LogP contribution in [0, 0.1) is 6.92 Å². The quantitative estimate of drug-likeness (QED) is 0.833. The molecule has 3 rings (SSSR count). The molecule has 1 fully saturated rings. The number of rotatable bonds is 1. The molecule has 1 aliphatic rings. The molecule has 1 aromatic heterocycles. The van der Waals surface area contributed by atoms with Crippen LogP contribution in [0.15, 0.2) is 24.3 Å². The van der Waals surface area contributed by atoms with Crippen LogP contribution in [0.2, 0.25) is 0 Å². The van der Waals surface area contributed by atoms with Crippen LogP contribution < -0.4 is 5.32 Å². The second-order valence-electron chi connectivity index (χ2n) is 5.16. The Hall–Kier alpha value is -1.61. The Morgan fingerprint density at radius 1 is 1.33 bits per heavy atom. The van der Waals surface area contributed by atoms with E-state index in [4.69, 9.17) is 0 Å². The molecule has 1 aliphatic heterocycles. The van der Waals surface area contributed by atoms with E-state index in [1.54, 1.807) is 0 Å². The van der Waals surface area contributed by atoms with Crippen molar-refractivity contribution in [2.24, 2.45) is 7.05 Å². The maximum absolute atomic E-state index is 11.5. The van der Waals surface area contributed by atoms with Crippen molar-refractivity contribution in [1.82, 2.24) is 9.88 Å². The number of fused-ring (bicyclic) bond motifs is 1. The number of hydrogen-bond acceptors (Lipinski definition) is 2. The zero-order valence-electron chi connectivity index (χ0n) is 10.9. The molecule has 3 nitrogen and oxygen atoms in total. The highest BCUT2D eigenvalue weighted by molar-refractivity contribution is 5.83. The van der Waals surface area contributed by atoms with E-state index in [2.05, 4.69) is 48.1 Å². The monoisotopic (exact) mass is 242 g/mol. The minimum Gasteiger partial charge on any atom is -0.348 e. The average molecular weight is 242 g/mol. The Morgan fingerprint density at radius 3 is 2.94 bits per heavy atom. The summed E-state index contributed by atoms with van der Waals surface area (Å²) in [6.07, 6.45) is 1.29. The molecule has 1 unspecified atom stereocenters. The lowest BCUT2D eigenvalue weighted by molar-refractivity contribution is -0.120. The lowest BCUT2D eigenvalue weighted by Gasteiger charge is -2.23. The summed E-state index contributed by atoms with van der Waals surface area (Å²) in [5.74, 6) is 0.364. The molecule has 0 spiro atoms. The summed E-state index contributed by atoms with van der Waals surface area (Å²) in [5, 5.41) is 4.68. The summed E-state index contributed by atoms with van der Waals surface area (Å²) in [6, 6.07) is 8.88. The summed E-state index contributed by atoms with van der Waals surface area (Å²) in [4.78, 5) is 11.5. The minimum atomic E-state index is 0.191. The molecule has 0 bridgehead atoms. The SMILES string of the molecule is Cc1cc2cc(C3CC(=O)CCN3)ccc2n1C. The van der Waals surface area contributed by atoms with Crippen molar-refractivity contribution in [3.63, 3.8) is 0 Å². The van der Waals surface area contributed by atoms with Crippen LogP contribution in [0.4, 0.5) is 0 Å². The lowest BCUT2D eigenvalue weighted by atomic mass is 9.96. The standard InChI is InChI=1S/C15H18N2O/c1-10-7-12-8-11(3-4-15(12)17(10)2)14-9-13(18)5-6-16-14/h3-4,7-8,14,16H,5-6,9H2,1-2H3. The van der Waals surface area contributed by atoms with Gasteiger partial charge in [-0.25, -0.2) is 0 Å². The number of aromatic nitrogens is 1. The van der Waals surface area contributed by atoms with Gasteiger partial charge in [-0.3, -0.25) is 4.79 Å². The van der Waals surface area contributed by atoms with E-state index in [-0.39, 0.29) is 6.04 Å². The average Bonchev–Trinajstić information content (AvgIpc) is 2.65. The number of benzene rings is 1. The predicted molar refractivity (Wildman–Crippen MR) is 72.6 cm³/mol. The normalized spacial score (nSPS) is 20.6. The Bertz CT molecular complexity index is 612. The van der Waals surface area contributed by atoms with Crippen molar-refractivity contribution in [1.29, 1.82) is 0 Å². The van der Waals surface area contributed by atoms with E-state index in [0.717, 1.165) is 6.54 Å². The van der Waals surface area contributed by atoms with Gasteiger partial charge in [-0.15, -0.1) is 0 Å². The van der Waals surface area contributed by atoms with Gasteiger partial charge >= 0.3 is 0 Å². The third-order valence-electron chi connectivity index (χ3n) is 3.94. The first-order valence-electron chi connectivity index (χ1n) is 6.46. The van der Waals surface area contributed by atoms with E-state index in [9.17, 15) is 4.79 Å². The summed E-state index contributed by atoms with van der Waals surface area (Å²) in [7, 11) is 2.08. The van der Waals surface area contributed by atoms with E-state index >= 15 is 0 Å². The fourth-order valence-electron chi connectivity index (χ4n) is 2.75. The molecule has 0 amide bonds. The van der Waals surface area contributed by atoms with Gasteiger partial charge in [0.15, 0.2) is 0 Å². The van der Waals surface area contributed by atoms with Crippen molar-refractivity contribution < 1.29 is 4.79 Å². The van der Waals surface area contributed by atoms with Crippen LogP contribution in [0.25, 0.3) is 10.9 Å².